The maximum atomic E-state index is 12.9. The van der Waals surface area contributed by atoms with E-state index in [1.807, 2.05) is 53.4 Å². The maximum Gasteiger partial charge on any atom is 0.251 e. The molecule has 0 aliphatic carbocycles. The number of nitrogens with zero attached hydrogens (tertiary/aromatic N) is 4. The van der Waals surface area contributed by atoms with E-state index in [1.165, 1.54) is 0 Å². The molecule has 0 bridgehead atoms. The summed E-state index contributed by atoms with van der Waals surface area (Å²) < 4.78 is 5.63. The molecule has 4 heterocycles. The van der Waals surface area contributed by atoms with E-state index in [9.17, 15) is 4.79 Å². The molecule has 0 spiro atoms. The van der Waals surface area contributed by atoms with Gasteiger partial charge in [0.15, 0.2) is 0 Å². The van der Waals surface area contributed by atoms with E-state index in [4.69, 9.17) is 14.7 Å². The first kappa shape index (κ1) is 20.6. The number of carbonyl (C=O) groups excluding carboxylic acids is 1. The minimum absolute atomic E-state index is 0.0900. The molecule has 2 aliphatic heterocycles. The molecule has 2 aliphatic rings. The Bertz CT molecular complexity index is 1050. The number of piperidine rings is 1. The molecule has 2 unspecified atom stereocenters. The Morgan fingerprint density at radius 2 is 1.88 bits per heavy atom. The Kier molecular flexibility index (Phi) is 6.07. The minimum atomic E-state index is -0.284. The van der Waals surface area contributed by atoms with Gasteiger partial charge < -0.3 is 15.0 Å². The molecule has 2 aromatic heterocycles. The summed E-state index contributed by atoms with van der Waals surface area (Å²) in [6, 6.07) is 15.9. The van der Waals surface area contributed by atoms with Crippen LogP contribution in [-0.4, -0.2) is 51.6 Å². The van der Waals surface area contributed by atoms with Crippen LogP contribution in [-0.2, 0) is 9.53 Å². The molecule has 1 amide bonds. The van der Waals surface area contributed by atoms with Crippen LogP contribution in [0.2, 0.25) is 0 Å². The fourth-order valence-corrected chi connectivity index (χ4v) is 4.42. The second-order valence-corrected chi connectivity index (χ2v) is 8.35. The van der Waals surface area contributed by atoms with Crippen molar-refractivity contribution >= 4 is 17.4 Å². The van der Waals surface area contributed by atoms with E-state index < -0.39 is 0 Å². The molecule has 0 radical (unpaired) electrons. The van der Waals surface area contributed by atoms with Crippen LogP contribution < -0.4 is 5.32 Å². The number of ether oxygens (including phenoxy) is 1. The van der Waals surface area contributed by atoms with Gasteiger partial charge in [-0.05, 0) is 49.9 Å². The topological polar surface area (TPSA) is 80.2 Å². The van der Waals surface area contributed by atoms with Gasteiger partial charge in [0, 0.05) is 55.3 Å². The lowest BCUT2D eigenvalue weighted by molar-refractivity contribution is -0.142. The SMILES string of the molecule is O=C(C1CCCO1)N1CCCC(c2nc(Nc3ccccc3)cc(-c3ccncc3)n2)C1. The number of pyridine rings is 1. The largest absolute Gasteiger partial charge is 0.368 e. The van der Waals surface area contributed by atoms with Gasteiger partial charge in [-0.1, -0.05) is 18.2 Å². The lowest BCUT2D eigenvalue weighted by Crippen LogP contribution is -2.44. The zero-order chi connectivity index (χ0) is 21.8. The van der Waals surface area contributed by atoms with Gasteiger partial charge in [0.1, 0.15) is 17.7 Å². The monoisotopic (exact) mass is 429 g/mol. The first-order valence-electron chi connectivity index (χ1n) is 11.3. The number of anilines is 2. The van der Waals surface area contributed by atoms with Crippen LogP contribution in [0.4, 0.5) is 11.5 Å². The zero-order valence-corrected chi connectivity index (χ0v) is 18.0. The summed E-state index contributed by atoms with van der Waals surface area (Å²) in [7, 11) is 0. The molecular formula is C25H27N5O2. The normalized spacial score (nSPS) is 20.8. The van der Waals surface area contributed by atoms with Gasteiger partial charge in [-0.2, -0.15) is 0 Å². The van der Waals surface area contributed by atoms with Crippen molar-refractivity contribution in [1.29, 1.82) is 0 Å². The van der Waals surface area contributed by atoms with Crippen molar-refractivity contribution < 1.29 is 9.53 Å². The van der Waals surface area contributed by atoms with Gasteiger partial charge in [-0.25, -0.2) is 9.97 Å². The van der Waals surface area contributed by atoms with E-state index in [-0.39, 0.29) is 17.9 Å². The average Bonchev–Trinajstić information content (AvgIpc) is 3.40. The fraction of sp³-hybridized carbons (Fsp3) is 0.360. The van der Waals surface area contributed by atoms with Crippen molar-refractivity contribution in [2.75, 3.05) is 25.0 Å². The number of benzene rings is 1. The number of nitrogens with one attached hydrogen (secondary N) is 1. The quantitative estimate of drug-likeness (QED) is 0.656. The molecule has 164 valence electrons. The van der Waals surface area contributed by atoms with Crippen molar-refractivity contribution in [1.82, 2.24) is 19.9 Å². The van der Waals surface area contributed by atoms with E-state index in [0.29, 0.717) is 13.2 Å². The van der Waals surface area contributed by atoms with Gasteiger partial charge in [0.2, 0.25) is 0 Å². The Morgan fingerprint density at radius 1 is 1.03 bits per heavy atom. The molecule has 1 aromatic carbocycles. The second kappa shape index (κ2) is 9.44. The molecular weight excluding hydrogens is 402 g/mol. The third kappa shape index (κ3) is 4.62. The molecule has 7 nitrogen and oxygen atoms in total. The van der Waals surface area contributed by atoms with Gasteiger partial charge >= 0.3 is 0 Å². The van der Waals surface area contributed by atoms with E-state index in [1.54, 1.807) is 12.4 Å². The van der Waals surface area contributed by atoms with E-state index >= 15 is 0 Å². The van der Waals surface area contributed by atoms with Crippen LogP contribution in [0, 0.1) is 0 Å². The molecule has 3 aromatic rings. The fourth-order valence-electron chi connectivity index (χ4n) is 4.42. The van der Waals surface area contributed by atoms with Crippen molar-refractivity contribution in [3.8, 4) is 11.3 Å². The first-order valence-corrected chi connectivity index (χ1v) is 11.3. The standard InChI is InChI=1S/C25H27N5O2/c31-25(22-9-5-15-32-22)30-14-4-6-19(17-30)24-28-21(18-10-12-26-13-11-18)16-23(29-24)27-20-7-2-1-3-8-20/h1-3,7-8,10-13,16,19,22H,4-6,9,14-15,17H2,(H,27,28,29). The van der Waals surface area contributed by atoms with Crippen LogP contribution in [0.5, 0.6) is 0 Å². The number of hydrogen-bond donors (Lipinski definition) is 1. The third-order valence-corrected chi connectivity index (χ3v) is 6.07. The minimum Gasteiger partial charge on any atom is -0.368 e. The van der Waals surface area contributed by atoms with Crippen molar-refractivity contribution in [3.05, 3.63) is 66.7 Å². The van der Waals surface area contributed by atoms with Crippen LogP contribution in [0.15, 0.2) is 60.9 Å². The lowest BCUT2D eigenvalue weighted by Gasteiger charge is -2.33. The number of amides is 1. The first-order chi connectivity index (χ1) is 15.8. The van der Waals surface area contributed by atoms with Gasteiger partial charge in [0.05, 0.1) is 5.69 Å². The highest BCUT2D eigenvalue weighted by molar-refractivity contribution is 5.81. The predicted molar refractivity (Wildman–Crippen MR) is 123 cm³/mol. The zero-order valence-electron chi connectivity index (χ0n) is 18.0. The number of carbonyl (C=O) groups is 1. The molecule has 7 heteroatoms. The number of rotatable bonds is 5. The highest BCUT2D eigenvalue weighted by Crippen LogP contribution is 2.30. The van der Waals surface area contributed by atoms with Gasteiger partial charge in [-0.3, -0.25) is 9.78 Å². The lowest BCUT2D eigenvalue weighted by atomic mass is 9.96. The summed E-state index contributed by atoms with van der Waals surface area (Å²) in [6.07, 6.45) is 6.92. The van der Waals surface area contributed by atoms with Gasteiger partial charge in [0.25, 0.3) is 5.91 Å². The molecule has 32 heavy (non-hydrogen) atoms. The molecule has 1 N–H and O–H groups in total. The summed E-state index contributed by atoms with van der Waals surface area (Å²) in [5, 5.41) is 3.41. The summed E-state index contributed by atoms with van der Waals surface area (Å²) in [6.45, 7) is 2.08. The summed E-state index contributed by atoms with van der Waals surface area (Å²) >= 11 is 0. The third-order valence-electron chi connectivity index (χ3n) is 6.07. The number of likely N-dealkylation sites (tertiary alicyclic amines) is 1. The molecule has 2 saturated heterocycles. The highest BCUT2D eigenvalue weighted by atomic mass is 16.5. The number of para-hydroxylation sites is 1. The van der Waals surface area contributed by atoms with Crippen molar-refractivity contribution in [2.24, 2.45) is 0 Å². The van der Waals surface area contributed by atoms with E-state index in [2.05, 4.69) is 10.3 Å². The summed E-state index contributed by atoms with van der Waals surface area (Å²) in [4.78, 5) is 28.8. The molecule has 2 atom stereocenters. The molecule has 0 saturated carbocycles. The smallest absolute Gasteiger partial charge is 0.251 e. The summed E-state index contributed by atoms with van der Waals surface area (Å²) in [5.41, 5.74) is 2.80. The highest BCUT2D eigenvalue weighted by Gasteiger charge is 2.33. The summed E-state index contributed by atoms with van der Waals surface area (Å²) in [5.74, 6) is 1.71. The van der Waals surface area contributed by atoms with Crippen LogP contribution in [0.1, 0.15) is 37.4 Å². The van der Waals surface area contributed by atoms with Crippen LogP contribution >= 0.6 is 0 Å². The van der Waals surface area contributed by atoms with Crippen molar-refractivity contribution in [3.63, 3.8) is 0 Å². The number of aromatic nitrogens is 3. The van der Waals surface area contributed by atoms with Crippen LogP contribution in [0.3, 0.4) is 0 Å². The Hall–Kier alpha value is -3.32. The second-order valence-electron chi connectivity index (χ2n) is 8.35. The predicted octanol–water partition coefficient (Wildman–Crippen LogP) is 4.17. The Morgan fingerprint density at radius 3 is 2.66 bits per heavy atom. The Balaban J connectivity index is 1.44. The van der Waals surface area contributed by atoms with Crippen LogP contribution in [0.25, 0.3) is 11.3 Å². The molecule has 2 fully saturated rings. The Labute approximate surface area is 187 Å². The van der Waals surface area contributed by atoms with E-state index in [0.717, 1.165) is 60.8 Å². The van der Waals surface area contributed by atoms with Crippen molar-refractivity contribution in [2.45, 2.75) is 37.7 Å². The maximum absolute atomic E-state index is 12.9. The molecule has 5 rings (SSSR count). The average molecular weight is 430 g/mol. The van der Waals surface area contributed by atoms with Gasteiger partial charge in [-0.15, -0.1) is 0 Å². The number of hydrogen-bond acceptors (Lipinski definition) is 6.